The highest BCUT2D eigenvalue weighted by atomic mass is 14.9. The highest BCUT2D eigenvalue weighted by Crippen LogP contribution is 2.25. The van der Waals surface area contributed by atoms with Crippen LogP contribution < -0.4 is 5.32 Å². The fraction of sp³-hybridized carbons (Fsp3) is 1.00. The fourth-order valence-electron chi connectivity index (χ4n) is 1.10. The molecular weight excluding hydrogens is 146 g/mol. The van der Waals surface area contributed by atoms with Crippen LogP contribution in [0.4, 0.5) is 0 Å². The molecule has 12 heavy (non-hydrogen) atoms. The van der Waals surface area contributed by atoms with Gasteiger partial charge in [0.15, 0.2) is 0 Å². The molecule has 0 atom stereocenters. The molecule has 1 aliphatic rings. The van der Waals surface area contributed by atoms with Crippen LogP contribution in [-0.2, 0) is 0 Å². The van der Waals surface area contributed by atoms with E-state index < -0.39 is 0 Å². The van der Waals surface area contributed by atoms with Gasteiger partial charge in [-0.25, -0.2) is 0 Å². The van der Waals surface area contributed by atoms with Crippen LogP contribution in [-0.4, -0.2) is 13.1 Å². The summed E-state index contributed by atoms with van der Waals surface area (Å²) in [7, 11) is 0. The monoisotopic (exact) mass is 171 g/mol. The first-order valence-corrected chi connectivity index (χ1v) is 5.15. The molecule has 0 bridgehead atoms. The van der Waals surface area contributed by atoms with Gasteiger partial charge in [0.2, 0.25) is 0 Å². The second-order valence-corrected chi connectivity index (χ2v) is 5.15. The van der Waals surface area contributed by atoms with Gasteiger partial charge in [-0.3, -0.25) is 0 Å². The van der Waals surface area contributed by atoms with Gasteiger partial charge in [-0.15, -0.1) is 0 Å². The summed E-state index contributed by atoms with van der Waals surface area (Å²) in [5, 5.41) is 3.34. The summed E-state index contributed by atoms with van der Waals surface area (Å²) in [6.07, 6.45) is 2.68. The molecule has 0 unspecified atom stereocenters. The molecule has 1 heterocycles. The molecular formula is C11H25N. The maximum atomic E-state index is 3.34. The first-order chi connectivity index (χ1) is 5.44. The predicted molar refractivity (Wildman–Crippen MR) is 56.4 cm³/mol. The molecule has 0 aromatic rings. The van der Waals surface area contributed by atoms with E-state index in [-0.39, 0.29) is 0 Å². The molecule has 1 rings (SSSR count). The van der Waals surface area contributed by atoms with E-state index in [0.29, 0.717) is 5.41 Å². The number of nitrogens with one attached hydrogen (secondary N) is 1. The Morgan fingerprint density at radius 1 is 1.00 bits per heavy atom. The zero-order valence-electron chi connectivity index (χ0n) is 9.41. The van der Waals surface area contributed by atoms with Crippen LogP contribution in [0.15, 0.2) is 0 Å². The zero-order chi connectivity index (χ0) is 9.61. The third-order valence-electron chi connectivity index (χ3n) is 1.96. The van der Waals surface area contributed by atoms with Gasteiger partial charge in [-0.05, 0) is 37.3 Å². The van der Waals surface area contributed by atoms with Crippen molar-refractivity contribution < 1.29 is 0 Å². The second kappa shape index (κ2) is 5.58. The van der Waals surface area contributed by atoms with Crippen molar-refractivity contribution in [3.63, 3.8) is 0 Å². The number of piperidine rings is 1. The summed E-state index contributed by atoms with van der Waals surface area (Å²) in [6, 6.07) is 0. The maximum absolute atomic E-state index is 3.34. The third kappa shape index (κ3) is 8.06. The lowest BCUT2D eigenvalue weighted by atomic mass is 9.83. The van der Waals surface area contributed by atoms with Gasteiger partial charge in [0.25, 0.3) is 0 Å². The van der Waals surface area contributed by atoms with E-state index in [1.807, 2.05) is 0 Å². The van der Waals surface area contributed by atoms with Crippen LogP contribution in [0.25, 0.3) is 0 Å². The molecule has 0 aromatic heterocycles. The predicted octanol–water partition coefficient (Wildman–Crippen LogP) is 3.06. The second-order valence-electron chi connectivity index (χ2n) is 5.15. The molecule has 1 nitrogen and oxygen atoms in total. The molecule has 0 spiro atoms. The summed E-state index contributed by atoms with van der Waals surface area (Å²) in [4.78, 5) is 0. The Morgan fingerprint density at radius 3 is 1.50 bits per heavy atom. The quantitative estimate of drug-likeness (QED) is 0.590. The molecule has 74 valence electrons. The van der Waals surface area contributed by atoms with Gasteiger partial charge < -0.3 is 5.32 Å². The van der Waals surface area contributed by atoms with Crippen molar-refractivity contribution in [1.29, 1.82) is 0 Å². The van der Waals surface area contributed by atoms with Crippen LogP contribution >= 0.6 is 0 Å². The molecule has 1 fully saturated rings. The zero-order valence-corrected chi connectivity index (χ0v) is 9.41. The molecule has 1 saturated heterocycles. The average molecular weight is 171 g/mol. The lowest BCUT2D eigenvalue weighted by Gasteiger charge is -2.29. The van der Waals surface area contributed by atoms with Gasteiger partial charge in [0.1, 0.15) is 0 Å². The van der Waals surface area contributed by atoms with E-state index in [1.54, 1.807) is 0 Å². The Morgan fingerprint density at radius 2 is 1.33 bits per heavy atom. The molecule has 0 amide bonds. The molecule has 1 heteroatoms. The van der Waals surface area contributed by atoms with Crippen molar-refractivity contribution in [3.8, 4) is 0 Å². The Labute approximate surface area is 77.9 Å². The van der Waals surface area contributed by atoms with Crippen LogP contribution in [0.1, 0.15) is 47.5 Å². The maximum Gasteiger partial charge on any atom is -0.00438 e. The lowest BCUT2D eigenvalue weighted by molar-refractivity contribution is 0.259. The van der Waals surface area contributed by atoms with Gasteiger partial charge in [0, 0.05) is 0 Å². The van der Waals surface area contributed by atoms with E-state index in [2.05, 4.69) is 39.9 Å². The van der Waals surface area contributed by atoms with Gasteiger partial charge >= 0.3 is 0 Å². The summed E-state index contributed by atoms with van der Waals surface area (Å²) in [5.74, 6) is 0.833. The summed E-state index contributed by atoms with van der Waals surface area (Å²) in [6.45, 7) is 13.6. The standard InChI is InChI=1S/C7H15N.C4H10/c1-7(2)3-5-8-6-4-7;1-4(2)3/h8H,3-6H2,1-2H3;4H,1-3H3. The van der Waals surface area contributed by atoms with Crippen LogP contribution in [0.5, 0.6) is 0 Å². The van der Waals surface area contributed by atoms with Crippen molar-refractivity contribution in [1.82, 2.24) is 5.32 Å². The molecule has 1 N–H and O–H groups in total. The third-order valence-corrected chi connectivity index (χ3v) is 1.96. The smallest absolute Gasteiger partial charge is 0.00438 e. The van der Waals surface area contributed by atoms with Crippen LogP contribution in [0.2, 0.25) is 0 Å². The van der Waals surface area contributed by atoms with E-state index >= 15 is 0 Å². The van der Waals surface area contributed by atoms with E-state index in [4.69, 9.17) is 0 Å². The van der Waals surface area contributed by atoms with E-state index in [0.717, 1.165) is 5.92 Å². The molecule has 0 radical (unpaired) electrons. The van der Waals surface area contributed by atoms with Crippen molar-refractivity contribution in [3.05, 3.63) is 0 Å². The normalized spacial score (nSPS) is 21.5. The topological polar surface area (TPSA) is 12.0 Å². The minimum absolute atomic E-state index is 0.616. The van der Waals surface area contributed by atoms with Gasteiger partial charge in [-0.2, -0.15) is 0 Å². The Hall–Kier alpha value is -0.0400. The van der Waals surface area contributed by atoms with Gasteiger partial charge in [0.05, 0.1) is 0 Å². The molecule has 0 aromatic carbocycles. The van der Waals surface area contributed by atoms with E-state index in [1.165, 1.54) is 25.9 Å². The van der Waals surface area contributed by atoms with Crippen molar-refractivity contribution in [2.24, 2.45) is 11.3 Å². The highest BCUT2D eigenvalue weighted by Gasteiger charge is 2.19. The van der Waals surface area contributed by atoms with Crippen molar-refractivity contribution in [2.75, 3.05) is 13.1 Å². The fourth-order valence-corrected chi connectivity index (χ4v) is 1.10. The minimum atomic E-state index is 0.616. The molecule has 1 aliphatic heterocycles. The molecule has 0 aliphatic carbocycles. The average Bonchev–Trinajstić information content (AvgIpc) is 1.85. The first kappa shape index (κ1) is 12.0. The highest BCUT2D eigenvalue weighted by molar-refractivity contribution is 4.75. The number of hydrogen-bond acceptors (Lipinski definition) is 1. The Kier molecular flexibility index (Phi) is 5.56. The Balaban J connectivity index is 0.000000261. The summed E-state index contributed by atoms with van der Waals surface area (Å²) < 4.78 is 0. The van der Waals surface area contributed by atoms with Crippen LogP contribution in [0, 0.1) is 11.3 Å². The van der Waals surface area contributed by atoms with Crippen LogP contribution in [0.3, 0.4) is 0 Å². The molecule has 0 saturated carbocycles. The lowest BCUT2D eigenvalue weighted by Crippen LogP contribution is -2.32. The number of rotatable bonds is 0. The summed E-state index contributed by atoms with van der Waals surface area (Å²) in [5.41, 5.74) is 0.616. The minimum Gasteiger partial charge on any atom is -0.317 e. The first-order valence-electron chi connectivity index (χ1n) is 5.15. The SMILES string of the molecule is CC(C)C.CC1(C)CCNCC1. The number of hydrogen-bond donors (Lipinski definition) is 1. The van der Waals surface area contributed by atoms with Gasteiger partial charge in [-0.1, -0.05) is 34.6 Å². The van der Waals surface area contributed by atoms with Crippen molar-refractivity contribution in [2.45, 2.75) is 47.5 Å². The van der Waals surface area contributed by atoms with Crippen molar-refractivity contribution >= 4 is 0 Å². The summed E-state index contributed by atoms with van der Waals surface area (Å²) >= 11 is 0. The largest absolute Gasteiger partial charge is 0.317 e. The Bertz CT molecular complexity index is 94.8. The van der Waals surface area contributed by atoms with E-state index in [9.17, 15) is 0 Å².